The van der Waals surface area contributed by atoms with E-state index in [9.17, 15) is 10.1 Å². The summed E-state index contributed by atoms with van der Waals surface area (Å²) in [6, 6.07) is 3.28. The molecular formula is C10H10N4O2S. The summed E-state index contributed by atoms with van der Waals surface area (Å²) >= 11 is 1.55. The number of nitrogens with one attached hydrogen (secondary N) is 1. The number of rotatable bonds is 4. The Morgan fingerprint density at radius 1 is 1.59 bits per heavy atom. The van der Waals surface area contributed by atoms with Crippen LogP contribution in [0.3, 0.4) is 0 Å². The van der Waals surface area contributed by atoms with E-state index in [1.807, 2.05) is 12.3 Å². The quantitative estimate of drug-likeness (QED) is 0.665. The Morgan fingerprint density at radius 3 is 3.06 bits per heavy atom. The van der Waals surface area contributed by atoms with Crippen molar-refractivity contribution in [2.45, 2.75) is 13.5 Å². The summed E-state index contributed by atoms with van der Waals surface area (Å²) in [5.41, 5.74) is 1.27. The molecule has 17 heavy (non-hydrogen) atoms. The number of thiazole rings is 1. The fraction of sp³-hybridized carbons (Fsp3) is 0.200. The van der Waals surface area contributed by atoms with Gasteiger partial charge in [0.2, 0.25) is 0 Å². The van der Waals surface area contributed by atoms with Crippen LogP contribution in [0.15, 0.2) is 23.7 Å². The van der Waals surface area contributed by atoms with E-state index < -0.39 is 4.92 Å². The number of nitrogens with zero attached hydrogens (tertiary/aromatic N) is 3. The van der Waals surface area contributed by atoms with Gasteiger partial charge in [0.1, 0.15) is 11.9 Å². The molecule has 0 atom stereocenters. The molecule has 0 unspecified atom stereocenters. The summed E-state index contributed by atoms with van der Waals surface area (Å²) in [5, 5.41) is 16.6. The van der Waals surface area contributed by atoms with E-state index in [1.165, 1.54) is 6.20 Å². The van der Waals surface area contributed by atoms with Crippen molar-refractivity contribution >= 4 is 22.8 Å². The standard InChI is InChI=1S/C10H10N4O2S/c1-7-13-8(6-17-7)5-12-9-3-2-4-11-10(9)14(15)16/h2-4,6,12H,5H2,1H3. The summed E-state index contributed by atoms with van der Waals surface area (Å²) in [5.74, 6) is -0.167. The van der Waals surface area contributed by atoms with Gasteiger partial charge in [0.25, 0.3) is 0 Å². The Balaban J connectivity index is 2.11. The summed E-state index contributed by atoms with van der Waals surface area (Å²) in [6.07, 6.45) is 1.40. The predicted molar refractivity (Wildman–Crippen MR) is 65.1 cm³/mol. The summed E-state index contributed by atoms with van der Waals surface area (Å²) in [7, 11) is 0. The van der Waals surface area contributed by atoms with Crippen molar-refractivity contribution in [1.82, 2.24) is 9.97 Å². The van der Waals surface area contributed by atoms with Gasteiger partial charge in [-0.05, 0) is 29.0 Å². The van der Waals surface area contributed by atoms with E-state index in [0.29, 0.717) is 12.2 Å². The molecule has 2 aromatic rings. The van der Waals surface area contributed by atoms with Crippen molar-refractivity contribution in [3.8, 4) is 0 Å². The Kier molecular flexibility index (Phi) is 3.29. The molecule has 0 aromatic carbocycles. The van der Waals surface area contributed by atoms with Crippen LogP contribution < -0.4 is 5.32 Å². The zero-order valence-corrected chi connectivity index (χ0v) is 9.90. The third-order valence-corrected chi connectivity index (χ3v) is 2.91. The molecule has 88 valence electrons. The second kappa shape index (κ2) is 4.88. The maximum absolute atomic E-state index is 10.7. The topological polar surface area (TPSA) is 81.0 Å². The lowest BCUT2D eigenvalue weighted by Gasteiger charge is -2.03. The van der Waals surface area contributed by atoms with Gasteiger partial charge in [0, 0.05) is 5.38 Å². The normalized spacial score (nSPS) is 10.2. The van der Waals surface area contributed by atoms with Gasteiger partial charge >= 0.3 is 5.82 Å². The van der Waals surface area contributed by atoms with Crippen molar-refractivity contribution in [2.24, 2.45) is 0 Å². The van der Waals surface area contributed by atoms with Crippen LogP contribution in [0.5, 0.6) is 0 Å². The first-order valence-electron chi connectivity index (χ1n) is 4.91. The highest BCUT2D eigenvalue weighted by Gasteiger charge is 2.13. The molecule has 0 saturated carbocycles. The Hall–Kier alpha value is -2.02. The summed E-state index contributed by atoms with van der Waals surface area (Å²) in [6.45, 7) is 2.37. The minimum atomic E-state index is -0.505. The molecule has 6 nitrogen and oxygen atoms in total. The summed E-state index contributed by atoms with van der Waals surface area (Å²) < 4.78 is 0. The zero-order valence-electron chi connectivity index (χ0n) is 9.08. The second-order valence-electron chi connectivity index (χ2n) is 3.34. The first-order chi connectivity index (χ1) is 8.16. The molecule has 2 rings (SSSR count). The smallest absolute Gasteiger partial charge is 0.372 e. The monoisotopic (exact) mass is 250 g/mol. The third-order valence-electron chi connectivity index (χ3n) is 2.09. The highest BCUT2D eigenvalue weighted by molar-refractivity contribution is 7.09. The Labute approximate surface area is 102 Å². The van der Waals surface area contributed by atoms with Gasteiger partial charge in [-0.2, -0.15) is 0 Å². The van der Waals surface area contributed by atoms with Gasteiger partial charge in [-0.1, -0.05) is 0 Å². The number of hydrogen-bond donors (Lipinski definition) is 1. The number of nitro groups is 1. The fourth-order valence-electron chi connectivity index (χ4n) is 1.36. The molecule has 0 aliphatic heterocycles. The van der Waals surface area contributed by atoms with Gasteiger partial charge in [0.15, 0.2) is 0 Å². The minimum Gasteiger partial charge on any atom is -0.372 e. The van der Waals surface area contributed by atoms with Crippen molar-refractivity contribution in [2.75, 3.05) is 5.32 Å². The maximum atomic E-state index is 10.7. The first kappa shape index (κ1) is 11.5. The van der Waals surface area contributed by atoms with E-state index in [1.54, 1.807) is 23.5 Å². The summed E-state index contributed by atoms with van der Waals surface area (Å²) in [4.78, 5) is 18.2. The molecule has 2 aromatic heterocycles. The van der Waals surface area contributed by atoms with Crippen LogP contribution in [-0.4, -0.2) is 14.9 Å². The average molecular weight is 250 g/mol. The number of anilines is 1. The van der Waals surface area contributed by atoms with Gasteiger partial charge in [-0.15, -0.1) is 11.3 Å². The molecule has 0 bridgehead atoms. The SMILES string of the molecule is Cc1nc(CNc2cccnc2[N+](=O)[O-])cs1. The van der Waals surface area contributed by atoms with Gasteiger partial charge in [-0.25, -0.2) is 4.98 Å². The molecule has 0 aliphatic carbocycles. The number of aryl methyl sites for hydroxylation is 1. The lowest BCUT2D eigenvalue weighted by molar-refractivity contribution is -0.388. The molecule has 0 aliphatic rings. The van der Waals surface area contributed by atoms with Gasteiger partial charge in [0.05, 0.1) is 17.2 Å². The molecule has 2 heterocycles. The van der Waals surface area contributed by atoms with E-state index in [4.69, 9.17) is 0 Å². The third kappa shape index (κ3) is 2.76. The van der Waals surface area contributed by atoms with Crippen LogP contribution in [-0.2, 0) is 6.54 Å². The van der Waals surface area contributed by atoms with E-state index in [2.05, 4.69) is 15.3 Å². The van der Waals surface area contributed by atoms with Crippen LogP contribution in [0.4, 0.5) is 11.5 Å². The lowest BCUT2D eigenvalue weighted by atomic mass is 10.3. The number of hydrogen-bond acceptors (Lipinski definition) is 6. The van der Waals surface area contributed by atoms with Gasteiger partial charge in [-0.3, -0.25) is 0 Å². The van der Waals surface area contributed by atoms with Crippen molar-refractivity contribution in [3.05, 3.63) is 44.5 Å². The fourth-order valence-corrected chi connectivity index (χ4v) is 1.97. The average Bonchev–Trinajstić information content (AvgIpc) is 2.73. The van der Waals surface area contributed by atoms with Crippen molar-refractivity contribution < 1.29 is 4.92 Å². The lowest BCUT2D eigenvalue weighted by Crippen LogP contribution is -2.04. The maximum Gasteiger partial charge on any atom is 0.386 e. The number of pyridine rings is 1. The van der Waals surface area contributed by atoms with Crippen LogP contribution >= 0.6 is 11.3 Å². The first-order valence-corrected chi connectivity index (χ1v) is 5.79. The Bertz CT molecular complexity index is 541. The molecule has 0 spiro atoms. The van der Waals surface area contributed by atoms with Crippen LogP contribution in [0.2, 0.25) is 0 Å². The largest absolute Gasteiger partial charge is 0.386 e. The molecule has 1 N–H and O–H groups in total. The molecule has 0 fully saturated rings. The van der Waals surface area contributed by atoms with Crippen molar-refractivity contribution in [1.29, 1.82) is 0 Å². The number of aromatic nitrogens is 2. The zero-order chi connectivity index (χ0) is 12.3. The van der Waals surface area contributed by atoms with Gasteiger partial charge < -0.3 is 15.4 Å². The molecule has 7 heteroatoms. The molecule has 0 saturated heterocycles. The van der Waals surface area contributed by atoms with E-state index in [0.717, 1.165) is 10.7 Å². The predicted octanol–water partition coefficient (Wildman–Crippen LogP) is 2.37. The van der Waals surface area contributed by atoms with E-state index in [-0.39, 0.29) is 5.82 Å². The second-order valence-corrected chi connectivity index (χ2v) is 4.41. The molecule has 0 radical (unpaired) electrons. The van der Waals surface area contributed by atoms with E-state index >= 15 is 0 Å². The molecular weight excluding hydrogens is 240 g/mol. The highest BCUT2D eigenvalue weighted by Crippen LogP contribution is 2.21. The van der Waals surface area contributed by atoms with Crippen molar-refractivity contribution in [3.63, 3.8) is 0 Å². The minimum absolute atomic E-state index is 0.167. The molecule has 0 amide bonds. The van der Waals surface area contributed by atoms with Crippen LogP contribution in [0, 0.1) is 17.0 Å². The van der Waals surface area contributed by atoms with Crippen LogP contribution in [0.25, 0.3) is 0 Å². The van der Waals surface area contributed by atoms with Crippen LogP contribution in [0.1, 0.15) is 10.7 Å². The Morgan fingerprint density at radius 2 is 2.41 bits per heavy atom. The highest BCUT2D eigenvalue weighted by atomic mass is 32.1.